The van der Waals surface area contributed by atoms with Gasteiger partial charge in [-0.1, -0.05) is 6.07 Å². The number of benzene rings is 1. The molecule has 0 saturated heterocycles. The molecule has 0 spiro atoms. The molecule has 1 saturated carbocycles. The normalized spacial score (nSPS) is 14.1. The van der Waals surface area contributed by atoms with Crippen molar-refractivity contribution in [2.45, 2.75) is 12.8 Å². The maximum absolute atomic E-state index is 10.6. The Bertz CT molecular complexity index is 391. The van der Waals surface area contributed by atoms with Crippen molar-refractivity contribution < 1.29 is 44.2 Å². The van der Waals surface area contributed by atoms with Crippen LogP contribution in [0.3, 0.4) is 0 Å². The van der Waals surface area contributed by atoms with Gasteiger partial charge >= 0.3 is 29.6 Å². The fourth-order valence-corrected chi connectivity index (χ4v) is 1.59. The standard InChI is InChI=1S/C11H11BrO3.Na/c12-9-4-3-8(11(13)14)5-10(9)15-6-7-1-2-7;/h3-5,7H,1-2,6H2,(H,13,14);/q;+1/p-1. The van der Waals surface area contributed by atoms with Gasteiger partial charge in [-0.2, -0.15) is 0 Å². The van der Waals surface area contributed by atoms with Gasteiger partial charge in [0.25, 0.3) is 0 Å². The molecule has 0 N–H and O–H groups in total. The van der Waals surface area contributed by atoms with E-state index in [-0.39, 0.29) is 35.1 Å². The molecule has 5 heteroatoms. The quantitative estimate of drug-likeness (QED) is 0.642. The van der Waals surface area contributed by atoms with Gasteiger partial charge in [-0.05, 0) is 46.8 Å². The molecule has 0 heterocycles. The van der Waals surface area contributed by atoms with Gasteiger partial charge in [0.1, 0.15) is 5.75 Å². The van der Waals surface area contributed by atoms with E-state index < -0.39 is 5.97 Å². The molecule has 0 aliphatic heterocycles. The molecule has 2 rings (SSSR count). The summed E-state index contributed by atoms with van der Waals surface area (Å²) in [5, 5.41) is 10.6. The molecular weight excluding hydrogens is 283 g/mol. The average Bonchev–Trinajstić information content (AvgIpc) is 3.00. The first-order chi connectivity index (χ1) is 7.16. The smallest absolute Gasteiger partial charge is 0.545 e. The van der Waals surface area contributed by atoms with Gasteiger partial charge < -0.3 is 14.6 Å². The maximum Gasteiger partial charge on any atom is 1.00 e. The molecule has 0 atom stereocenters. The van der Waals surface area contributed by atoms with E-state index in [1.54, 1.807) is 6.07 Å². The van der Waals surface area contributed by atoms with Crippen LogP contribution < -0.4 is 39.4 Å². The summed E-state index contributed by atoms with van der Waals surface area (Å²) < 4.78 is 6.28. The van der Waals surface area contributed by atoms with Gasteiger partial charge in [0.05, 0.1) is 17.0 Å². The molecule has 1 fully saturated rings. The fourth-order valence-electron chi connectivity index (χ4n) is 1.23. The van der Waals surface area contributed by atoms with Crippen LogP contribution in [0.1, 0.15) is 23.2 Å². The van der Waals surface area contributed by atoms with Crippen molar-refractivity contribution >= 4 is 21.9 Å². The van der Waals surface area contributed by atoms with Crippen molar-refractivity contribution in [2.24, 2.45) is 5.92 Å². The summed E-state index contributed by atoms with van der Waals surface area (Å²) >= 11 is 3.31. The predicted octanol–water partition coefficient (Wildman–Crippen LogP) is -1.39. The Morgan fingerprint density at radius 3 is 2.75 bits per heavy atom. The number of aromatic carboxylic acids is 1. The second-order valence-electron chi connectivity index (χ2n) is 3.69. The van der Waals surface area contributed by atoms with Crippen molar-refractivity contribution in [3.8, 4) is 5.75 Å². The summed E-state index contributed by atoms with van der Waals surface area (Å²) in [4.78, 5) is 10.6. The molecule has 1 aromatic carbocycles. The summed E-state index contributed by atoms with van der Waals surface area (Å²) in [6.07, 6.45) is 2.41. The molecule has 16 heavy (non-hydrogen) atoms. The van der Waals surface area contributed by atoms with Crippen molar-refractivity contribution in [2.75, 3.05) is 6.61 Å². The Kier molecular flexibility index (Phi) is 5.31. The second kappa shape index (κ2) is 6.05. The van der Waals surface area contributed by atoms with E-state index in [1.807, 2.05) is 0 Å². The maximum atomic E-state index is 10.6. The summed E-state index contributed by atoms with van der Waals surface area (Å²) in [6.45, 7) is 0.662. The van der Waals surface area contributed by atoms with Gasteiger partial charge in [-0.15, -0.1) is 0 Å². The summed E-state index contributed by atoms with van der Waals surface area (Å²) in [5.74, 6) is 0.0332. The molecule has 0 radical (unpaired) electrons. The molecule has 80 valence electrons. The largest absolute Gasteiger partial charge is 1.00 e. The van der Waals surface area contributed by atoms with E-state index in [1.165, 1.54) is 25.0 Å². The van der Waals surface area contributed by atoms with Crippen LogP contribution in [0.25, 0.3) is 0 Å². The zero-order valence-corrected chi connectivity index (χ0v) is 12.6. The molecule has 0 amide bonds. The van der Waals surface area contributed by atoms with Crippen molar-refractivity contribution in [3.05, 3.63) is 28.2 Å². The zero-order chi connectivity index (χ0) is 10.8. The van der Waals surface area contributed by atoms with Gasteiger partial charge in [0.15, 0.2) is 0 Å². The number of halogens is 1. The minimum Gasteiger partial charge on any atom is -0.545 e. The van der Waals surface area contributed by atoms with E-state index in [4.69, 9.17) is 4.74 Å². The number of carbonyl (C=O) groups excluding carboxylic acids is 1. The van der Waals surface area contributed by atoms with E-state index in [9.17, 15) is 9.90 Å². The van der Waals surface area contributed by atoms with Gasteiger partial charge in [0.2, 0.25) is 0 Å². The number of hydrogen-bond acceptors (Lipinski definition) is 3. The summed E-state index contributed by atoms with van der Waals surface area (Å²) in [5.41, 5.74) is 0.143. The Balaban J connectivity index is 0.00000128. The number of carbonyl (C=O) groups is 1. The minimum atomic E-state index is -1.18. The first kappa shape index (κ1) is 14.0. The van der Waals surface area contributed by atoms with Crippen LogP contribution in [-0.4, -0.2) is 12.6 Å². The Labute approximate surface area is 125 Å². The molecule has 1 aliphatic rings. The SMILES string of the molecule is O=C([O-])c1ccc(Br)c(OCC2CC2)c1.[Na+]. The van der Waals surface area contributed by atoms with Crippen molar-refractivity contribution in [1.82, 2.24) is 0 Å². The zero-order valence-electron chi connectivity index (χ0n) is 9.03. The van der Waals surface area contributed by atoms with Gasteiger partial charge in [-0.3, -0.25) is 0 Å². The molecular formula is C11H10BrNaO3. The van der Waals surface area contributed by atoms with Crippen LogP contribution in [0.2, 0.25) is 0 Å². The molecule has 0 bridgehead atoms. The average molecular weight is 293 g/mol. The first-order valence-corrected chi connectivity index (χ1v) is 5.60. The first-order valence-electron chi connectivity index (χ1n) is 4.80. The van der Waals surface area contributed by atoms with Gasteiger partial charge in [-0.25, -0.2) is 0 Å². The summed E-state index contributed by atoms with van der Waals surface area (Å²) in [6, 6.07) is 4.64. The third kappa shape index (κ3) is 3.77. The molecule has 1 aromatic rings. The molecule has 0 unspecified atom stereocenters. The topological polar surface area (TPSA) is 49.4 Å². The van der Waals surface area contributed by atoms with E-state index >= 15 is 0 Å². The van der Waals surface area contributed by atoms with Crippen molar-refractivity contribution in [1.29, 1.82) is 0 Å². The monoisotopic (exact) mass is 292 g/mol. The van der Waals surface area contributed by atoms with Crippen molar-refractivity contribution in [3.63, 3.8) is 0 Å². The third-order valence-electron chi connectivity index (χ3n) is 2.34. The van der Waals surface area contributed by atoms with Crippen LogP contribution in [0.5, 0.6) is 5.75 Å². The molecule has 0 aromatic heterocycles. The third-order valence-corrected chi connectivity index (χ3v) is 2.99. The Hall–Kier alpha value is -0.0300. The number of carboxylic acids is 1. The number of hydrogen-bond donors (Lipinski definition) is 0. The van der Waals surface area contributed by atoms with E-state index in [0.717, 1.165) is 4.47 Å². The Morgan fingerprint density at radius 1 is 1.50 bits per heavy atom. The molecule has 1 aliphatic carbocycles. The van der Waals surface area contributed by atoms with E-state index in [2.05, 4.69) is 15.9 Å². The molecule has 3 nitrogen and oxygen atoms in total. The minimum absolute atomic E-state index is 0. The fraction of sp³-hybridized carbons (Fsp3) is 0.364. The predicted molar refractivity (Wildman–Crippen MR) is 56.7 cm³/mol. The van der Waals surface area contributed by atoms with E-state index in [0.29, 0.717) is 18.3 Å². The Morgan fingerprint density at radius 2 is 2.19 bits per heavy atom. The number of ether oxygens (including phenoxy) is 1. The van der Waals surface area contributed by atoms with Gasteiger partial charge in [0, 0.05) is 5.56 Å². The van der Waals surface area contributed by atoms with Crippen LogP contribution in [0, 0.1) is 5.92 Å². The van der Waals surface area contributed by atoms with Crippen LogP contribution >= 0.6 is 15.9 Å². The number of rotatable bonds is 4. The van der Waals surface area contributed by atoms with Crippen LogP contribution in [0.15, 0.2) is 22.7 Å². The van der Waals surface area contributed by atoms with Crippen LogP contribution in [0.4, 0.5) is 0 Å². The second-order valence-corrected chi connectivity index (χ2v) is 4.54. The summed E-state index contributed by atoms with van der Waals surface area (Å²) in [7, 11) is 0. The van der Waals surface area contributed by atoms with Crippen LogP contribution in [-0.2, 0) is 0 Å². The number of carboxylic acid groups (broad SMARTS) is 1.